The average molecular weight is 457 g/mol. The van der Waals surface area contributed by atoms with E-state index >= 15 is 0 Å². The molecule has 0 unspecified atom stereocenters. The highest BCUT2D eigenvalue weighted by Gasteiger charge is 2.69. The Bertz CT molecular complexity index is 915. The Kier molecular flexibility index (Phi) is 5.81. The third kappa shape index (κ3) is 3.31. The molecule has 182 valence electrons. The van der Waals surface area contributed by atoms with Crippen LogP contribution in [0.15, 0.2) is 11.6 Å². The summed E-state index contributed by atoms with van der Waals surface area (Å²) >= 11 is 0. The summed E-state index contributed by atoms with van der Waals surface area (Å²) in [5.74, 6) is -0.465. The molecule has 0 N–H and O–H groups in total. The Morgan fingerprint density at radius 3 is 2.36 bits per heavy atom. The summed E-state index contributed by atoms with van der Waals surface area (Å²) in [4.78, 5) is 50.5. The standard InChI is InChI=1S/C28H40O5/c1-17(30)19-8-9-22-26(5)13-10-21-25(3,4)11-7-12-28(21,16-33-18(2)31)23(26)14-24(32)27(22,6)20(19)15-29/h8,15,20-23H,7,9-14,16H2,1-6H3/t20-,21+,22-,23-,26-,27+,28+/m0/s1. The van der Waals surface area contributed by atoms with Gasteiger partial charge in [0.2, 0.25) is 0 Å². The van der Waals surface area contributed by atoms with E-state index in [1.165, 1.54) is 13.8 Å². The molecule has 0 heterocycles. The molecule has 0 aromatic rings. The second kappa shape index (κ2) is 7.88. The lowest BCUT2D eigenvalue weighted by Crippen LogP contribution is -2.67. The molecule has 5 heteroatoms. The molecular formula is C28H40O5. The van der Waals surface area contributed by atoms with Gasteiger partial charge in [-0.05, 0) is 67.6 Å². The van der Waals surface area contributed by atoms with Crippen LogP contribution in [-0.4, -0.2) is 30.4 Å². The van der Waals surface area contributed by atoms with Crippen LogP contribution in [0.5, 0.6) is 0 Å². The van der Waals surface area contributed by atoms with E-state index in [-0.39, 0.29) is 45.6 Å². The highest BCUT2D eigenvalue weighted by molar-refractivity contribution is 6.01. The zero-order valence-electron chi connectivity index (χ0n) is 21.2. The lowest BCUT2D eigenvalue weighted by Gasteiger charge is -2.69. The van der Waals surface area contributed by atoms with Gasteiger partial charge in [-0.25, -0.2) is 0 Å². The molecule has 0 saturated heterocycles. The summed E-state index contributed by atoms with van der Waals surface area (Å²) in [5, 5.41) is 0. The van der Waals surface area contributed by atoms with Crippen molar-refractivity contribution in [1.82, 2.24) is 0 Å². The monoisotopic (exact) mass is 456 g/mol. The Balaban J connectivity index is 1.84. The number of ether oxygens (including phenoxy) is 1. The normalized spacial score (nSPS) is 43.9. The Hall–Kier alpha value is -1.78. The molecule has 3 fully saturated rings. The molecule has 4 aliphatic carbocycles. The van der Waals surface area contributed by atoms with Gasteiger partial charge in [-0.15, -0.1) is 0 Å². The van der Waals surface area contributed by atoms with Crippen LogP contribution in [0.1, 0.15) is 86.5 Å². The molecule has 0 bridgehead atoms. The second-order valence-corrected chi connectivity index (χ2v) is 12.5. The van der Waals surface area contributed by atoms with Crippen molar-refractivity contribution in [2.45, 2.75) is 86.5 Å². The molecule has 3 saturated carbocycles. The van der Waals surface area contributed by atoms with Crippen LogP contribution in [0.4, 0.5) is 0 Å². The molecule has 0 radical (unpaired) electrons. The largest absolute Gasteiger partial charge is 0.465 e. The maximum Gasteiger partial charge on any atom is 0.302 e. The lowest BCUT2D eigenvalue weighted by atomic mass is 9.34. The van der Waals surface area contributed by atoms with Crippen molar-refractivity contribution < 1.29 is 23.9 Å². The van der Waals surface area contributed by atoms with Gasteiger partial charge >= 0.3 is 5.97 Å². The highest BCUT2D eigenvalue weighted by atomic mass is 16.5. The molecule has 0 amide bonds. The minimum Gasteiger partial charge on any atom is -0.465 e. The van der Waals surface area contributed by atoms with E-state index < -0.39 is 11.3 Å². The van der Waals surface area contributed by atoms with E-state index in [9.17, 15) is 19.2 Å². The van der Waals surface area contributed by atoms with Gasteiger partial charge in [-0.2, -0.15) is 0 Å². The van der Waals surface area contributed by atoms with Crippen LogP contribution in [-0.2, 0) is 23.9 Å². The number of carbonyl (C=O) groups is 4. The SMILES string of the molecule is CC(=O)OC[C@]12CCCC(C)(C)[C@H]1CC[C@]1(C)[C@@H]2CC(=O)[C@]2(C)[C@@H](C=O)C(C(C)=O)=CC[C@@H]12. The van der Waals surface area contributed by atoms with Gasteiger partial charge in [0.25, 0.3) is 0 Å². The first-order valence-electron chi connectivity index (χ1n) is 12.7. The second-order valence-electron chi connectivity index (χ2n) is 12.5. The minimum absolute atomic E-state index is 0.00487. The van der Waals surface area contributed by atoms with Crippen LogP contribution >= 0.6 is 0 Å². The predicted octanol–water partition coefficient (Wildman–Crippen LogP) is 5.11. The fraction of sp³-hybridized carbons (Fsp3) is 0.786. The third-order valence-electron chi connectivity index (χ3n) is 10.7. The molecule has 7 atom stereocenters. The molecule has 33 heavy (non-hydrogen) atoms. The number of ketones is 2. The molecule has 4 rings (SSSR count). The van der Waals surface area contributed by atoms with Crippen molar-refractivity contribution in [1.29, 1.82) is 0 Å². The molecule has 0 aliphatic heterocycles. The quantitative estimate of drug-likeness (QED) is 0.434. The van der Waals surface area contributed by atoms with Crippen molar-refractivity contribution >= 4 is 23.8 Å². The van der Waals surface area contributed by atoms with E-state index in [1.807, 2.05) is 13.0 Å². The summed E-state index contributed by atoms with van der Waals surface area (Å²) in [6.07, 6.45) is 9.03. The number of allylic oxidation sites excluding steroid dienone is 2. The van der Waals surface area contributed by atoms with Gasteiger partial charge in [0, 0.05) is 29.7 Å². The van der Waals surface area contributed by atoms with Crippen LogP contribution in [0.25, 0.3) is 0 Å². The fourth-order valence-electron chi connectivity index (χ4n) is 9.21. The van der Waals surface area contributed by atoms with E-state index in [4.69, 9.17) is 4.74 Å². The van der Waals surface area contributed by atoms with Crippen molar-refractivity contribution in [2.75, 3.05) is 6.61 Å². The van der Waals surface area contributed by atoms with Gasteiger partial charge in [0.05, 0.1) is 12.5 Å². The summed E-state index contributed by atoms with van der Waals surface area (Å²) in [7, 11) is 0. The number of rotatable bonds is 4. The number of Topliss-reactive ketones (excluding diaryl/α,β-unsaturated/α-hetero) is 2. The number of esters is 1. The highest BCUT2D eigenvalue weighted by Crippen LogP contribution is 2.72. The van der Waals surface area contributed by atoms with E-state index in [0.717, 1.165) is 38.4 Å². The first kappa shape index (κ1) is 24.3. The van der Waals surface area contributed by atoms with E-state index in [1.54, 1.807) is 0 Å². The van der Waals surface area contributed by atoms with Crippen LogP contribution < -0.4 is 0 Å². The minimum atomic E-state index is -0.859. The smallest absolute Gasteiger partial charge is 0.302 e. The first-order valence-corrected chi connectivity index (χ1v) is 12.7. The van der Waals surface area contributed by atoms with E-state index in [2.05, 4.69) is 20.8 Å². The van der Waals surface area contributed by atoms with Crippen LogP contribution in [0.3, 0.4) is 0 Å². The van der Waals surface area contributed by atoms with Gasteiger partial charge in [-0.1, -0.05) is 40.2 Å². The summed E-state index contributed by atoms with van der Waals surface area (Å²) < 4.78 is 5.75. The number of hydrogen-bond donors (Lipinski definition) is 0. The summed E-state index contributed by atoms with van der Waals surface area (Å²) in [5.41, 5.74) is -0.613. The number of fused-ring (bicyclic) bond motifs is 5. The lowest BCUT2D eigenvalue weighted by molar-refractivity contribution is -0.217. The summed E-state index contributed by atoms with van der Waals surface area (Å²) in [6.45, 7) is 12.3. The molecule has 0 aromatic heterocycles. The predicted molar refractivity (Wildman–Crippen MR) is 125 cm³/mol. The van der Waals surface area contributed by atoms with Crippen LogP contribution in [0, 0.1) is 45.3 Å². The van der Waals surface area contributed by atoms with Gasteiger partial charge in [-0.3, -0.25) is 14.4 Å². The molecular weight excluding hydrogens is 416 g/mol. The first-order chi connectivity index (χ1) is 15.3. The Morgan fingerprint density at radius 1 is 1.06 bits per heavy atom. The van der Waals surface area contributed by atoms with Gasteiger partial charge in [0.1, 0.15) is 12.1 Å². The van der Waals surface area contributed by atoms with Crippen molar-refractivity contribution in [2.24, 2.45) is 45.3 Å². The average Bonchev–Trinajstić information content (AvgIpc) is 2.72. The molecule has 4 aliphatic rings. The van der Waals surface area contributed by atoms with Crippen molar-refractivity contribution in [3.8, 4) is 0 Å². The Morgan fingerprint density at radius 2 is 1.76 bits per heavy atom. The maximum absolute atomic E-state index is 14.0. The fourth-order valence-corrected chi connectivity index (χ4v) is 9.21. The third-order valence-corrected chi connectivity index (χ3v) is 10.7. The Labute approximate surface area is 198 Å². The zero-order chi connectivity index (χ0) is 24.4. The number of aldehydes is 1. The summed E-state index contributed by atoms with van der Waals surface area (Å²) in [6, 6.07) is 0. The molecule has 0 spiro atoms. The zero-order valence-corrected chi connectivity index (χ0v) is 21.2. The van der Waals surface area contributed by atoms with Gasteiger partial charge < -0.3 is 9.53 Å². The van der Waals surface area contributed by atoms with Crippen molar-refractivity contribution in [3.05, 3.63) is 11.6 Å². The van der Waals surface area contributed by atoms with Crippen molar-refractivity contribution in [3.63, 3.8) is 0 Å². The molecule has 0 aromatic carbocycles. The maximum atomic E-state index is 14.0. The number of carbonyl (C=O) groups excluding carboxylic acids is 4. The van der Waals surface area contributed by atoms with E-state index in [0.29, 0.717) is 30.9 Å². The van der Waals surface area contributed by atoms with Gasteiger partial charge in [0.15, 0.2) is 5.78 Å². The molecule has 5 nitrogen and oxygen atoms in total. The van der Waals surface area contributed by atoms with Crippen LogP contribution in [0.2, 0.25) is 0 Å². The topological polar surface area (TPSA) is 77.5 Å². The number of hydrogen-bond acceptors (Lipinski definition) is 5.